The number of nitrogens with one attached hydrogen (secondary N) is 1. The number of rotatable bonds is 8. The number of aryl methyl sites for hydroxylation is 1. The molecule has 0 bridgehead atoms. The first-order valence-electron chi connectivity index (χ1n) is 12.6. The second-order valence-electron chi connectivity index (χ2n) is 9.23. The molecule has 0 saturated carbocycles. The third-order valence-electron chi connectivity index (χ3n) is 6.45. The van der Waals surface area contributed by atoms with Gasteiger partial charge in [0.1, 0.15) is 31.4 Å². The molecule has 41 heavy (non-hydrogen) atoms. The number of sulfonamides is 1. The second kappa shape index (κ2) is 11.4. The second-order valence-corrected chi connectivity index (χ2v) is 11.1. The molecule has 0 saturated heterocycles. The predicted molar refractivity (Wildman–Crippen MR) is 149 cm³/mol. The number of anilines is 1. The molecule has 9 nitrogen and oxygen atoms in total. The van der Waals surface area contributed by atoms with Gasteiger partial charge in [-0.25, -0.2) is 22.6 Å². The lowest BCUT2D eigenvalue weighted by atomic mass is 10.2. The number of fused-ring (bicyclic) bond motifs is 1. The Morgan fingerprint density at radius 2 is 1.59 bits per heavy atom. The molecule has 0 aliphatic carbocycles. The predicted octanol–water partition coefficient (Wildman–Crippen LogP) is 4.49. The van der Waals surface area contributed by atoms with E-state index in [1.807, 2.05) is 24.5 Å². The first-order chi connectivity index (χ1) is 19.6. The Balaban J connectivity index is 1.37. The Labute approximate surface area is 235 Å². The van der Waals surface area contributed by atoms with E-state index in [0.29, 0.717) is 17.9 Å². The number of ether oxygens (including phenoxy) is 2. The number of hydrogen-bond donors (Lipinski definition) is 1. The molecule has 1 N–H and O–H groups in total. The molecule has 5 rings (SSSR count). The first kappa shape index (κ1) is 27.8. The van der Waals surface area contributed by atoms with Gasteiger partial charge in [0.15, 0.2) is 11.5 Å². The average molecular weight is 581 g/mol. The van der Waals surface area contributed by atoms with Gasteiger partial charge in [-0.3, -0.25) is 9.10 Å². The van der Waals surface area contributed by atoms with E-state index < -0.39 is 28.3 Å². The number of carbonyl (C=O) groups is 1. The SMILES string of the molecule is Cc1cc(/C=N\NC(=O)CN(c2ccc(F)cc2)S(=O)(=O)c2ccc3c(c2)OCCO3)c(C)n1-c1ccc(F)cc1. The number of amides is 1. The summed E-state index contributed by atoms with van der Waals surface area (Å²) in [6.45, 7) is 3.72. The number of aromatic nitrogens is 1. The van der Waals surface area contributed by atoms with Gasteiger partial charge in [-0.1, -0.05) is 0 Å². The molecule has 3 aromatic carbocycles. The van der Waals surface area contributed by atoms with Crippen LogP contribution in [0.3, 0.4) is 0 Å². The number of hydrazone groups is 1. The normalized spacial score (nSPS) is 12.9. The minimum atomic E-state index is -4.28. The van der Waals surface area contributed by atoms with Crippen molar-refractivity contribution in [2.45, 2.75) is 18.7 Å². The summed E-state index contributed by atoms with van der Waals surface area (Å²) < 4.78 is 68.1. The quantitative estimate of drug-likeness (QED) is 0.245. The van der Waals surface area contributed by atoms with Crippen LogP contribution in [0.4, 0.5) is 14.5 Å². The van der Waals surface area contributed by atoms with Crippen LogP contribution in [-0.2, 0) is 14.8 Å². The van der Waals surface area contributed by atoms with Crippen LogP contribution >= 0.6 is 0 Å². The van der Waals surface area contributed by atoms with Crippen molar-refractivity contribution < 1.29 is 31.5 Å². The smallest absolute Gasteiger partial charge is 0.264 e. The van der Waals surface area contributed by atoms with Crippen LogP contribution in [0, 0.1) is 25.5 Å². The molecular weight excluding hydrogens is 554 g/mol. The van der Waals surface area contributed by atoms with Crippen molar-refractivity contribution >= 4 is 27.8 Å². The molecule has 12 heteroatoms. The number of hydrogen-bond acceptors (Lipinski definition) is 6. The zero-order valence-electron chi connectivity index (χ0n) is 22.2. The lowest BCUT2D eigenvalue weighted by Gasteiger charge is -2.25. The fourth-order valence-corrected chi connectivity index (χ4v) is 5.92. The summed E-state index contributed by atoms with van der Waals surface area (Å²) in [4.78, 5) is 12.8. The van der Waals surface area contributed by atoms with Crippen molar-refractivity contribution in [1.82, 2.24) is 9.99 Å². The van der Waals surface area contributed by atoms with Crippen molar-refractivity contribution in [2.24, 2.45) is 5.10 Å². The fraction of sp³-hybridized carbons (Fsp3) is 0.172. The van der Waals surface area contributed by atoms with Crippen LogP contribution in [0.15, 0.2) is 82.8 Å². The maximum absolute atomic E-state index is 13.7. The van der Waals surface area contributed by atoms with E-state index in [4.69, 9.17) is 9.47 Å². The van der Waals surface area contributed by atoms with Crippen LogP contribution in [0.2, 0.25) is 0 Å². The first-order valence-corrected chi connectivity index (χ1v) is 14.0. The highest BCUT2D eigenvalue weighted by atomic mass is 32.2. The topological polar surface area (TPSA) is 102 Å². The molecule has 1 amide bonds. The van der Waals surface area contributed by atoms with E-state index in [9.17, 15) is 22.0 Å². The van der Waals surface area contributed by atoms with Crippen LogP contribution < -0.4 is 19.2 Å². The van der Waals surface area contributed by atoms with Crippen LogP contribution in [0.25, 0.3) is 5.69 Å². The highest BCUT2D eigenvalue weighted by Gasteiger charge is 2.29. The van der Waals surface area contributed by atoms with Gasteiger partial charge in [0.05, 0.1) is 16.8 Å². The number of halogens is 2. The molecule has 0 spiro atoms. The van der Waals surface area contributed by atoms with E-state index in [2.05, 4.69) is 10.5 Å². The molecule has 1 aliphatic heterocycles. The van der Waals surface area contributed by atoms with E-state index in [1.54, 1.807) is 12.1 Å². The Hall–Kier alpha value is -4.71. The molecule has 212 valence electrons. The zero-order valence-corrected chi connectivity index (χ0v) is 23.0. The van der Waals surface area contributed by atoms with Crippen LogP contribution in [0.1, 0.15) is 17.0 Å². The van der Waals surface area contributed by atoms with Gasteiger partial charge in [-0.2, -0.15) is 5.10 Å². The molecule has 4 aromatic rings. The Bertz CT molecular complexity index is 1720. The third-order valence-corrected chi connectivity index (χ3v) is 8.22. The Morgan fingerprint density at radius 3 is 2.27 bits per heavy atom. The van der Waals surface area contributed by atoms with E-state index >= 15 is 0 Å². The van der Waals surface area contributed by atoms with E-state index in [-0.39, 0.29) is 28.8 Å². The molecule has 0 atom stereocenters. The monoisotopic (exact) mass is 580 g/mol. The minimum absolute atomic E-state index is 0.0864. The molecule has 1 aliphatic rings. The maximum Gasteiger partial charge on any atom is 0.264 e. The number of nitrogens with zero attached hydrogens (tertiary/aromatic N) is 3. The number of benzene rings is 3. The summed E-state index contributed by atoms with van der Waals surface area (Å²) in [7, 11) is -4.28. The van der Waals surface area contributed by atoms with Crippen molar-refractivity contribution in [3.05, 3.63) is 101 Å². The standard InChI is InChI=1S/C29H26F2N4O5S/c1-19-15-21(20(2)35(19)25-9-5-23(31)6-10-25)17-32-33-29(36)18-34(24-7-3-22(30)4-8-24)41(37,38)26-11-12-27-28(16-26)40-14-13-39-27/h3-12,15-17H,13-14,18H2,1-2H3,(H,33,36)/b32-17-. The summed E-state index contributed by atoms with van der Waals surface area (Å²) in [5, 5.41) is 4.02. The lowest BCUT2D eigenvalue weighted by molar-refractivity contribution is -0.119. The summed E-state index contributed by atoms with van der Waals surface area (Å²) in [5.41, 5.74) is 5.60. The maximum atomic E-state index is 13.7. The molecule has 0 radical (unpaired) electrons. The molecule has 1 aromatic heterocycles. The molecule has 0 unspecified atom stereocenters. The summed E-state index contributed by atoms with van der Waals surface area (Å²) in [6, 6.07) is 16.8. The van der Waals surface area contributed by atoms with Gasteiger partial charge >= 0.3 is 0 Å². The van der Waals surface area contributed by atoms with Gasteiger partial charge in [-0.15, -0.1) is 0 Å². The van der Waals surface area contributed by atoms with Gasteiger partial charge in [0.2, 0.25) is 0 Å². The van der Waals surface area contributed by atoms with Crippen LogP contribution in [0.5, 0.6) is 11.5 Å². The third kappa shape index (κ3) is 5.92. The van der Waals surface area contributed by atoms with Crippen molar-refractivity contribution in [2.75, 3.05) is 24.1 Å². The minimum Gasteiger partial charge on any atom is -0.486 e. The molecular formula is C29H26F2N4O5S. The van der Waals surface area contributed by atoms with Crippen LogP contribution in [-0.4, -0.2) is 44.9 Å². The summed E-state index contributed by atoms with van der Waals surface area (Å²) in [5.74, 6) is -0.943. The Morgan fingerprint density at radius 1 is 0.951 bits per heavy atom. The van der Waals surface area contributed by atoms with Gasteiger partial charge < -0.3 is 14.0 Å². The van der Waals surface area contributed by atoms with Crippen molar-refractivity contribution in [1.29, 1.82) is 0 Å². The molecule has 2 heterocycles. The van der Waals surface area contributed by atoms with Gasteiger partial charge in [0, 0.05) is 28.7 Å². The average Bonchev–Trinajstić information content (AvgIpc) is 3.24. The van der Waals surface area contributed by atoms with E-state index in [1.165, 1.54) is 48.7 Å². The summed E-state index contributed by atoms with van der Waals surface area (Å²) >= 11 is 0. The molecule has 0 fully saturated rings. The highest BCUT2D eigenvalue weighted by molar-refractivity contribution is 7.92. The fourth-order valence-electron chi connectivity index (χ4n) is 4.48. The number of carbonyl (C=O) groups excluding carboxylic acids is 1. The summed E-state index contributed by atoms with van der Waals surface area (Å²) in [6.07, 6.45) is 1.44. The van der Waals surface area contributed by atoms with Gasteiger partial charge in [-0.05, 0) is 80.6 Å². The highest BCUT2D eigenvalue weighted by Crippen LogP contribution is 2.34. The van der Waals surface area contributed by atoms with Crippen molar-refractivity contribution in [3.63, 3.8) is 0 Å². The van der Waals surface area contributed by atoms with Gasteiger partial charge in [0.25, 0.3) is 15.9 Å². The lowest BCUT2D eigenvalue weighted by Crippen LogP contribution is -2.39. The van der Waals surface area contributed by atoms with Crippen molar-refractivity contribution in [3.8, 4) is 17.2 Å². The Kier molecular flexibility index (Phi) is 7.75. The largest absolute Gasteiger partial charge is 0.486 e. The van der Waals surface area contributed by atoms with E-state index in [0.717, 1.165) is 33.5 Å². The zero-order chi connectivity index (χ0) is 29.1.